The van der Waals surface area contributed by atoms with Crippen molar-refractivity contribution in [2.24, 2.45) is 0 Å². The summed E-state index contributed by atoms with van der Waals surface area (Å²) in [7, 11) is 4.54. The number of fused-ring (bicyclic) bond motifs is 1. The van der Waals surface area contributed by atoms with Crippen LogP contribution in [-0.4, -0.2) is 46.4 Å². The smallest absolute Gasteiger partial charge is 0.331 e. The summed E-state index contributed by atoms with van der Waals surface area (Å²) in [5, 5.41) is 0. The Kier molecular flexibility index (Phi) is 8.34. The quantitative estimate of drug-likeness (QED) is 0.324. The van der Waals surface area contributed by atoms with E-state index in [-0.39, 0.29) is 17.8 Å². The molecular formula is C24H30N4O7. The van der Waals surface area contributed by atoms with E-state index >= 15 is 0 Å². The molecule has 0 fully saturated rings. The number of nitrogens with one attached hydrogen (secondary N) is 1. The molecule has 3 rings (SSSR count). The summed E-state index contributed by atoms with van der Waals surface area (Å²) in [6.07, 6.45) is 4.43. The zero-order chi connectivity index (χ0) is 25.5. The van der Waals surface area contributed by atoms with Gasteiger partial charge in [-0.25, -0.2) is 14.6 Å². The number of carbonyl (C=O) groups is 1. The van der Waals surface area contributed by atoms with Crippen LogP contribution in [0, 0.1) is 0 Å². The van der Waals surface area contributed by atoms with Gasteiger partial charge < -0.3 is 23.5 Å². The number of ether oxygens (including phenoxy) is 4. The number of methoxy groups -OCH3 is 3. The maximum Gasteiger partial charge on any atom is 0.331 e. The highest BCUT2D eigenvalue weighted by molar-refractivity contribution is 5.88. The summed E-state index contributed by atoms with van der Waals surface area (Å²) in [6.45, 7) is 4.52. The molecule has 0 aliphatic heterocycles. The minimum absolute atomic E-state index is 0.170. The van der Waals surface area contributed by atoms with Crippen molar-refractivity contribution >= 4 is 23.2 Å². The van der Waals surface area contributed by atoms with Gasteiger partial charge in [-0.2, -0.15) is 0 Å². The Morgan fingerprint density at radius 2 is 1.71 bits per heavy atom. The maximum absolute atomic E-state index is 12.5. The van der Waals surface area contributed by atoms with Crippen LogP contribution in [0.4, 0.5) is 0 Å². The van der Waals surface area contributed by atoms with Crippen LogP contribution in [-0.2, 0) is 29.2 Å². The molecule has 0 atom stereocenters. The first-order valence-corrected chi connectivity index (χ1v) is 11.2. The average molecular weight is 487 g/mol. The van der Waals surface area contributed by atoms with E-state index in [9.17, 15) is 14.4 Å². The summed E-state index contributed by atoms with van der Waals surface area (Å²) < 4.78 is 24.4. The lowest BCUT2D eigenvalue weighted by Gasteiger charge is -2.12. The fraction of sp³-hybridized carbons (Fsp3) is 0.417. The van der Waals surface area contributed by atoms with Crippen LogP contribution in [0.25, 0.3) is 17.2 Å². The fourth-order valence-electron chi connectivity index (χ4n) is 3.72. The predicted molar refractivity (Wildman–Crippen MR) is 130 cm³/mol. The van der Waals surface area contributed by atoms with Crippen LogP contribution in [0.5, 0.6) is 17.2 Å². The van der Waals surface area contributed by atoms with Crippen molar-refractivity contribution in [3.05, 3.63) is 50.4 Å². The molecule has 3 aromatic rings. The van der Waals surface area contributed by atoms with Gasteiger partial charge in [0.15, 0.2) is 22.7 Å². The average Bonchev–Trinajstić information content (AvgIpc) is 3.24. The van der Waals surface area contributed by atoms with Gasteiger partial charge in [-0.1, -0.05) is 13.3 Å². The van der Waals surface area contributed by atoms with Crippen LogP contribution in [0.2, 0.25) is 0 Å². The number of H-pyrrole nitrogens is 1. The molecule has 0 aliphatic carbocycles. The van der Waals surface area contributed by atoms with E-state index in [1.165, 1.54) is 32.0 Å². The Hall–Kier alpha value is -4.02. The molecule has 1 aromatic carbocycles. The second kappa shape index (κ2) is 11.4. The first kappa shape index (κ1) is 25.6. The van der Waals surface area contributed by atoms with E-state index in [0.29, 0.717) is 41.7 Å². The molecule has 11 nitrogen and oxygen atoms in total. The van der Waals surface area contributed by atoms with Crippen molar-refractivity contribution in [2.75, 3.05) is 21.3 Å². The van der Waals surface area contributed by atoms with E-state index in [1.807, 2.05) is 13.8 Å². The molecule has 0 saturated carbocycles. The molecule has 35 heavy (non-hydrogen) atoms. The molecule has 0 aliphatic rings. The number of hydrogen-bond acceptors (Lipinski definition) is 8. The van der Waals surface area contributed by atoms with E-state index in [1.54, 1.807) is 22.8 Å². The Labute approximate surface area is 201 Å². The minimum Gasteiger partial charge on any atom is -0.496 e. The normalized spacial score (nSPS) is 11.2. The molecular weight excluding hydrogens is 456 g/mol. The second-order valence-electron chi connectivity index (χ2n) is 7.60. The number of imidazole rings is 1. The number of nitrogens with zero attached hydrogens (tertiary/aromatic N) is 3. The lowest BCUT2D eigenvalue weighted by molar-refractivity contribution is -0.139. The third kappa shape index (κ3) is 5.39. The van der Waals surface area contributed by atoms with Crippen molar-refractivity contribution in [3.63, 3.8) is 0 Å². The highest BCUT2D eigenvalue weighted by atomic mass is 16.5. The van der Waals surface area contributed by atoms with Crippen molar-refractivity contribution in [1.82, 2.24) is 19.1 Å². The Bertz CT molecular complexity index is 1350. The minimum atomic E-state index is -0.617. The largest absolute Gasteiger partial charge is 0.496 e. The van der Waals surface area contributed by atoms with Crippen LogP contribution in [0.3, 0.4) is 0 Å². The molecule has 2 heterocycles. The van der Waals surface area contributed by atoms with Crippen molar-refractivity contribution in [3.8, 4) is 17.2 Å². The highest BCUT2D eigenvalue weighted by Crippen LogP contribution is 2.35. The standard InChI is InChI=1S/C24H30N4O7/c1-6-8-11-28-22-21(23(30)26-24(28)31)27(7-2)19(25-22)14-35-20(29)10-9-15-12-17(33-4)18(34-5)13-16(15)32-3/h9-10,12-13H,6-8,11,14H2,1-5H3,(H,26,30,31)/b10-9+. The summed E-state index contributed by atoms with van der Waals surface area (Å²) in [6, 6.07) is 3.34. The maximum atomic E-state index is 12.5. The van der Waals surface area contributed by atoms with E-state index in [0.717, 1.165) is 12.8 Å². The molecule has 11 heteroatoms. The van der Waals surface area contributed by atoms with Crippen molar-refractivity contribution < 1.29 is 23.7 Å². The molecule has 0 unspecified atom stereocenters. The van der Waals surface area contributed by atoms with Gasteiger partial charge in [-0.05, 0) is 25.5 Å². The molecule has 0 saturated heterocycles. The zero-order valence-electron chi connectivity index (χ0n) is 20.5. The van der Waals surface area contributed by atoms with Crippen LogP contribution >= 0.6 is 0 Å². The zero-order valence-corrected chi connectivity index (χ0v) is 20.5. The first-order valence-electron chi connectivity index (χ1n) is 11.2. The fourth-order valence-corrected chi connectivity index (χ4v) is 3.72. The van der Waals surface area contributed by atoms with E-state index in [4.69, 9.17) is 18.9 Å². The SMILES string of the molecule is CCCCn1c(=O)[nH]c(=O)c2c1nc(COC(=O)/C=C/c1cc(OC)c(OC)cc1OC)n2CC. The molecule has 1 N–H and O–H groups in total. The number of hydrogen-bond donors (Lipinski definition) is 1. The van der Waals surface area contributed by atoms with Crippen molar-refractivity contribution in [1.29, 1.82) is 0 Å². The van der Waals surface area contributed by atoms with Gasteiger partial charge in [0.25, 0.3) is 5.56 Å². The predicted octanol–water partition coefficient (Wildman–Crippen LogP) is 2.49. The number of aryl methyl sites for hydroxylation is 2. The number of aromatic amines is 1. The van der Waals surface area contributed by atoms with Gasteiger partial charge in [-0.15, -0.1) is 0 Å². The third-order valence-electron chi connectivity index (χ3n) is 5.49. The van der Waals surface area contributed by atoms with Crippen molar-refractivity contribution in [2.45, 2.75) is 46.4 Å². The van der Waals surface area contributed by atoms with Crippen LogP contribution < -0.4 is 25.5 Å². The first-order chi connectivity index (χ1) is 16.9. The number of benzene rings is 1. The van der Waals surface area contributed by atoms with Gasteiger partial charge in [0.2, 0.25) is 0 Å². The lowest BCUT2D eigenvalue weighted by Crippen LogP contribution is -2.31. The number of aromatic nitrogens is 4. The number of unbranched alkanes of at least 4 members (excludes halogenated alkanes) is 1. The number of carbonyl (C=O) groups excluding carboxylic acids is 1. The third-order valence-corrected chi connectivity index (χ3v) is 5.49. The van der Waals surface area contributed by atoms with Crippen LogP contribution in [0.15, 0.2) is 27.8 Å². The molecule has 0 bridgehead atoms. The molecule has 0 spiro atoms. The van der Waals surface area contributed by atoms with Gasteiger partial charge in [-0.3, -0.25) is 14.3 Å². The molecule has 0 amide bonds. The topological polar surface area (TPSA) is 127 Å². The van der Waals surface area contributed by atoms with Gasteiger partial charge in [0.05, 0.1) is 21.3 Å². The Morgan fingerprint density at radius 1 is 1.03 bits per heavy atom. The van der Waals surface area contributed by atoms with Gasteiger partial charge >= 0.3 is 11.7 Å². The molecule has 0 radical (unpaired) electrons. The summed E-state index contributed by atoms with van der Waals surface area (Å²) in [5.74, 6) is 1.22. The highest BCUT2D eigenvalue weighted by Gasteiger charge is 2.18. The Morgan fingerprint density at radius 3 is 2.34 bits per heavy atom. The second-order valence-corrected chi connectivity index (χ2v) is 7.60. The summed E-state index contributed by atoms with van der Waals surface area (Å²) in [4.78, 5) is 44.1. The number of esters is 1. The monoisotopic (exact) mass is 486 g/mol. The summed E-state index contributed by atoms with van der Waals surface area (Å²) >= 11 is 0. The van der Waals surface area contributed by atoms with Gasteiger partial charge in [0.1, 0.15) is 18.2 Å². The Balaban J connectivity index is 1.85. The molecule has 2 aromatic heterocycles. The number of rotatable bonds is 11. The van der Waals surface area contributed by atoms with E-state index in [2.05, 4.69) is 9.97 Å². The van der Waals surface area contributed by atoms with E-state index < -0.39 is 17.2 Å². The van der Waals surface area contributed by atoms with Crippen LogP contribution in [0.1, 0.15) is 38.1 Å². The lowest BCUT2D eigenvalue weighted by atomic mass is 10.1. The summed E-state index contributed by atoms with van der Waals surface area (Å²) in [5.41, 5.74) is 0.122. The van der Waals surface area contributed by atoms with Gasteiger partial charge in [0, 0.05) is 30.8 Å². The molecule has 188 valence electrons.